The molecule has 2 bridgehead atoms. The molecule has 0 fully saturated rings. The minimum Gasteiger partial charge on any atom is -0.437 e. The Bertz CT molecular complexity index is 1740. The van der Waals surface area contributed by atoms with Crippen molar-refractivity contribution >= 4 is 12.0 Å². The highest BCUT2D eigenvalue weighted by molar-refractivity contribution is 5.87. The molecule has 9 heteroatoms. The van der Waals surface area contributed by atoms with Gasteiger partial charge in [0.15, 0.2) is 11.5 Å². The fourth-order valence-electron chi connectivity index (χ4n) is 6.58. The third kappa shape index (κ3) is 7.68. The third-order valence-corrected chi connectivity index (χ3v) is 9.24. The SMILES string of the molecule is CCCCCC(O)CC(=O)CCc1ccc2c(c1)OC1C(C#CC(O)c3ccc(C(N)N)cc3CC3=C4C[NH+]1C=C4N=C3)CC#CO2. The molecule has 2 aromatic carbocycles. The van der Waals surface area contributed by atoms with Crippen molar-refractivity contribution < 1.29 is 29.4 Å². The number of Topliss-reactive ketones (excluding diaryl/α,β-unsaturated/α-hetero) is 1. The molecular formula is C38H43N4O5+. The number of quaternary nitrogens is 1. The van der Waals surface area contributed by atoms with Gasteiger partial charge in [0.25, 0.3) is 6.23 Å². The Hall–Kier alpha value is -4.22. The van der Waals surface area contributed by atoms with Crippen molar-refractivity contribution in [3.05, 3.63) is 81.7 Å². The summed E-state index contributed by atoms with van der Waals surface area (Å²) in [4.78, 5) is 18.4. The lowest BCUT2D eigenvalue weighted by Gasteiger charge is -2.28. The Kier molecular flexibility index (Phi) is 10.2. The molecule has 4 aliphatic heterocycles. The van der Waals surface area contributed by atoms with Crippen molar-refractivity contribution in [2.75, 3.05) is 6.54 Å². The molecule has 0 spiro atoms. The second-order valence-corrected chi connectivity index (χ2v) is 12.8. The largest absolute Gasteiger partial charge is 0.437 e. The van der Waals surface area contributed by atoms with E-state index in [4.69, 9.17) is 25.9 Å². The molecule has 7 N–H and O–H groups in total. The maximum absolute atomic E-state index is 12.7. The van der Waals surface area contributed by atoms with E-state index in [9.17, 15) is 15.0 Å². The first-order valence-electron chi connectivity index (χ1n) is 16.6. The van der Waals surface area contributed by atoms with Gasteiger partial charge in [-0.25, -0.2) is 0 Å². The number of hydrogen-bond donors (Lipinski definition) is 5. The van der Waals surface area contributed by atoms with Gasteiger partial charge in [0.2, 0.25) is 0 Å². The number of carbonyl (C=O) groups is 1. The van der Waals surface area contributed by atoms with Crippen LogP contribution in [0.25, 0.3) is 0 Å². The van der Waals surface area contributed by atoms with Crippen LogP contribution in [0.2, 0.25) is 0 Å². The van der Waals surface area contributed by atoms with Gasteiger partial charge >= 0.3 is 0 Å². The number of nitrogens with one attached hydrogen (secondary N) is 1. The van der Waals surface area contributed by atoms with Gasteiger partial charge in [-0.3, -0.25) is 14.7 Å². The van der Waals surface area contributed by atoms with Crippen molar-refractivity contribution in [2.45, 2.75) is 89.3 Å². The molecule has 0 amide bonds. The van der Waals surface area contributed by atoms with E-state index < -0.39 is 24.6 Å². The summed E-state index contributed by atoms with van der Waals surface area (Å²) in [6, 6.07) is 11.3. The van der Waals surface area contributed by atoms with Crippen LogP contribution in [0.4, 0.5) is 0 Å². The Morgan fingerprint density at radius 1 is 1.15 bits per heavy atom. The molecule has 0 radical (unpaired) electrons. The van der Waals surface area contributed by atoms with Gasteiger partial charge in [-0.2, -0.15) is 0 Å². The predicted molar refractivity (Wildman–Crippen MR) is 179 cm³/mol. The minimum absolute atomic E-state index is 0.0433. The van der Waals surface area contributed by atoms with Crippen LogP contribution in [-0.2, 0) is 17.6 Å². The van der Waals surface area contributed by atoms with E-state index in [-0.39, 0.29) is 18.1 Å². The number of unbranched alkanes of at least 4 members (excludes halogenated alkanes) is 2. The van der Waals surface area contributed by atoms with Crippen molar-refractivity contribution in [1.82, 2.24) is 0 Å². The Morgan fingerprint density at radius 2 is 2.02 bits per heavy atom. The van der Waals surface area contributed by atoms with E-state index in [1.807, 2.05) is 42.6 Å². The second-order valence-electron chi connectivity index (χ2n) is 12.8. The zero-order chi connectivity index (χ0) is 32.9. The highest BCUT2D eigenvalue weighted by atomic mass is 16.5. The molecule has 0 aliphatic carbocycles. The number of nitrogens with two attached hydrogens (primary N) is 2. The number of aliphatic hydroxyl groups excluding tert-OH is 2. The maximum Gasteiger partial charge on any atom is 0.251 e. The number of allylic oxidation sites excluding steroid dienone is 1. The first-order chi connectivity index (χ1) is 22.8. The highest BCUT2D eigenvalue weighted by Crippen LogP contribution is 2.33. The van der Waals surface area contributed by atoms with Gasteiger partial charge < -0.3 is 31.2 Å². The highest BCUT2D eigenvalue weighted by Gasteiger charge is 2.39. The Morgan fingerprint density at radius 3 is 2.85 bits per heavy atom. The number of carbonyl (C=O) groups excluding carboxylic acids is 1. The number of aryl methyl sites for hydroxylation is 1. The number of benzene rings is 2. The number of rotatable bonds is 10. The second kappa shape index (κ2) is 14.7. The van der Waals surface area contributed by atoms with E-state index in [0.29, 0.717) is 55.7 Å². The first kappa shape index (κ1) is 32.7. The first-order valence-corrected chi connectivity index (χ1v) is 16.6. The summed E-state index contributed by atoms with van der Waals surface area (Å²) in [6.45, 7) is 2.77. The monoisotopic (exact) mass is 635 g/mol. The van der Waals surface area contributed by atoms with Gasteiger partial charge in [-0.05, 0) is 59.2 Å². The number of hydrogen-bond acceptors (Lipinski definition) is 8. The normalized spacial score (nSPS) is 23.0. The summed E-state index contributed by atoms with van der Waals surface area (Å²) in [5.41, 5.74) is 18.4. The quantitative estimate of drug-likeness (QED) is 0.153. The standard InChI is InChI=1S/C38H42N4O5/c1-2-3-4-7-29(43)20-30(44)12-8-24-9-15-35-36(17-24)47-38-25(6-5-16-46-35)11-14-34(45)31-13-10-26(37(39)40)18-27(31)19-28-21-41-33-23-42(38)22-32(28)33/h9-10,13,15,17-18,21,23,25,29,34,37-38,43,45H,2-4,6-8,12,19-20,22,39-40H2,1H3/p+1. The molecule has 0 saturated carbocycles. The number of ketones is 1. The third-order valence-electron chi connectivity index (χ3n) is 9.24. The molecule has 0 aromatic heterocycles. The van der Waals surface area contributed by atoms with Crippen LogP contribution >= 0.6 is 0 Å². The maximum atomic E-state index is 12.7. The molecule has 5 atom stereocenters. The van der Waals surface area contributed by atoms with Gasteiger partial charge in [0, 0.05) is 31.1 Å². The van der Waals surface area contributed by atoms with Gasteiger partial charge in [0.1, 0.15) is 42.4 Å². The molecule has 0 saturated heterocycles. The molecular weight excluding hydrogens is 592 g/mol. The van der Waals surface area contributed by atoms with Crippen LogP contribution in [0.15, 0.2) is 64.4 Å². The molecule has 2 aromatic rings. The van der Waals surface area contributed by atoms with Crippen LogP contribution in [0.5, 0.6) is 11.5 Å². The van der Waals surface area contributed by atoms with E-state index in [1.165, 1.54) is 0 Å². The summed E-state index contributed by atoms with van der Waals surface area (Å²) < 4.78 is 12.6. The topological polar surface area (TPSA) is 145 Å². The molecule has 4 heterocycles. The number of aliphatic imine (C=N–C) groups is 1. The number of ether oxygens (including phenoxy) is 2. The fourth-order valence-corrected chi connectivity index (χ4v) is 6.58. The molecule has 5 unspecified atom stereocenters. The van der Waals surface area contributed by atoms with Crippen molar-refractivity contribution in [3.8, 4) is 35.4 Å². The van der Waals surface area contributed by atoms with Crippen molar-refractivity contribution in [1.29, 1.82) is 0 Å². The van der Waals surface area contributed by atoms with Crippen LogP contribution in [0, 0.1) is 29.8 Å². The number of fused-ring (bicyclic) bond motifs is 5. The lowest BCUT2D eigenvalue weighted by atomic mass is 9.92. The van der Waals surface area contributed by atoms with Crippen LogP contribution in [-0.4, -0.2) is 41.1 Å². The lowest BCUT2D eigenvalue weighted by molar-refractivity contribution is -0.889. The van der Waals surface area contributed by atoms with Gasteiger partial charge in [-0.15, -0.1) is 0 Å². The zero-order valence-electron chi connectivity index (χ0n) is 26.8. The van der Waals surface area contributed by atoms with Crippen molar-refractivity contribution in [3.63, 3.8) is 0 Å². The average molecular weight is 636 g/mol. The molecule has 4 aliphatic rings. The number of aliphatic hydroxyl groups is 2. The van der Waals surface area contributed by atoms with Crippen LogP contribution in [0.1, 0.15) is 86.4 Å². The fraction of sp³-hybridized carbons (Fsp3) is 0.421. The van der Waals surface area contributed by atoms with E-state index in [2.05, 4.69) is 37.0 Å². The summed E-state index contributed by atoms with van der Waals surface area (Å²) in [7, 11) is 0. The summed E-state index contributed by atoms with van der Waals surface area (Å²) in [5.74, 6) is 10.2. The van der Waals surface area contributed by atoms with Gasteiger partial charge in [-0.1, -0.05) is 68.2 Å². The average Bonchev–Trinajstić information content (AvgIpc) is 3.65. The van der Waals surface area contributed by atoms with E-state index >= 15 is 0 Å². The van der Waals surface area contributed by atoms with Crippen molar-refractivity contribution in [2.24, 2.45) is 22.4 Å². The van der Waals surface area contributed by atoms with E-state index in [1.54, 1.807) is 0 Å². The number of nitrogens with zero attached hydrogens (tertiary/aromatic N) is 1. The summed E-state index contributed by atoms with van der Waals surface area (Å²) in [5, 5.41) is 21.6. The molecule has 9 nitrogen and oxygen atoms in total. The Balaban J connectivity index is 1.28. The van der Waals surface area contributed by atoms with Crippen LogP contribution in [0.3, 0.4) is 0 Å². The lowest BCUT2D eigenvalue weighted by Crippen LogP contribution is -3.12. The zero-order valence-corrected chi connectivity index (χ0v) is 26.8. The molecule has 47 heavy (non-hydrogen) atoms. The molecule has 244 valence electrons. The molecule has 6 rings (SSSR count). The van der Waals surface area contributed by atoms with Gasteiger partial charge in [0.05, 0.1) is 12.3 Å². The summed E-state index contributed by atoms with van der Waals surface area (Å²) in [6.07, 6.45) is 9.74. The smallest absolute Gasteiger partial charge is 0.251 e. The Labute approximate surface area is 276 Å². The van der Waals surface area contributed by atoms with E-state index in [0.717, 1.165) is 57.7 Å². The minimum atomic E-state index is -1.04. The summed E-state index contributed by atoms with van der Waals surface area (Å²) >= 11 is 0. The van der Waals surface area contributed by atoms with Crippen LogP contribution < -0.4 is 25.8 Å². The predicted octanol–water partition coefficient (Wildman–Crippen LogP) is 2.91.